The maximum atomic E-state index is 5.60. The van der Waals surface area contributed by atoms with Crippen molar-refractivity contribution in [3.63, 3.8) is 0 Å². The summed E-state index contributed by atoms with van der Waals surface area (Å²) in [5, 5.41) is 15.5. The molecule has 1 aliphatic rings. The topological polar surface area (TPSA) is 76.4 Å². The molecule has 0 aliphatic carbocycles. The first-order valence-electron chi connectivity index (χ1n) is 10.2. The number of ether oxygens (including phenoxy) is 1. The highest BCUT2D eigenvalue weighted by Crippen LogP contribution is 2.14. The molecular formula is C19H36N6O. The third-order valence-corrected chi connectivity index (χ3v) is 4.34. The molecular weight excluding hydrogens is 328 g/mol. The third-order valence-electron chi connectivity index (χ3n) is 4.34. The molecule has 1 aromatic heterocycles. The number of hydrogen-bond donors (Lipinski definition) is 2. The summed E-state index contributed by atoms with van der Waals surface area (Å²) in [6.07, 6.45) is 6.63. The maximum absolute atomic E-state index is 5.60. The minimum atomic E-state index is 0.588. The number of rotatable bonds is 10. The predicted octanol–water partition coefficient (Wildman–Crippen LogP) is 2.16. The van der Waals surface area contributed by atoms with Gasteiger partial charge in [0.05, 0.1) is 0 Å². The molecule has 0 aromatic carbocycles. The van der Waals surface area contributed by atoms with Crippen LogP contribution in [-0.4, -0.2) is 53.6 Å². The van der Waals surface area contributed by atoms with Crippen LogP contribution in [0.1, 0.15) is 58.1 Å². The van der Waals surface area contributed by atoms with Crippen LogP contribution in [-0.2, 0) is 24.1 Å². The van der Waals surface area contributed by atoms with Gasteiger partial charge in [0.15, 0.2) is 5.96 Å². The Labute approximate surface area is 158 Å². The SMILES string of the molecule is CCNC(=NCCCOCC(C)C)NCCc1nnc2n1CCCCC2. The molecule has 0 bridgehead atoms. The number of aromatic nitrogens is 3. The number of nitrogens with zero attached hydrogens (tertiary/aromatic N) is 4. The second-order valence-electron chi connectivity index (χ2n) is 7.25. The Morgan fingerprint density at radius 1 is 1.23 bits per heavy atom. The van der Waals surface area contributed by atoms with Crippen molar-refractivity contribution in [1.29, 1.82) is 0 Å². The van der Waals surface area contributed by atoms with Crippen LogP contribution in [0.4, 0.5) is 0 Å². The lowest BCUT2D eigenvalue weighted by Crippen LogP contribution is -2.38. The van der Waals surface area contributed by atoms with Gasteiger partial charge >= 0.3 is 0 Å². The molecule has 26 heavy (non-hydrogen) atoms. The molecule has 7 nitrogen and oxygen atoms in total. The molecule has 2 rings (SSSR count). The van der Waals surface area contributed by atoms with Gasteiger partial charge in [-0.1, -0.05) is 20.3 Å². The van der Waals surface area contributed by atoms with Crippen LogP contribution in [0.3, 0.4) is 0 Å². The summed E-state index contributed by atoms with van der Waals surface area (Å²) < 4.78 is 7.91. The molecule has 0 atom stereocenters. The van der Waals surface area contributed by atoms with Crippen LogP contribution in [0.25, 0.3) is 0 Å². The first kappa shape index (κ1) is 20.7. The summed E-state index contributed by atoms with van der Waals surface area (Å²) in [4.78, 5) is 4.62. The zero-order valence-electron chi connectivity index (χ0n) is 16.8. The van der Waals surface area contributed by atoms with Crippen molar-refractivity contribution in [2.45, 2.75) is 65.8 Å². The lowest BCUT2D eigenvalue weighted by atomic mass is 10.2. The lowest BCUT2D eigenvalue weighted by molar-refractivity contribution is 0.109. The largest absolute Gasteiger partial charge is 0.381 e. The summed E-state index contributed by atoms with van der Waals surface area (Å²) >= 11 is 0. The van der Waals surface area contributed by atoms with E-state index in [2.05, 4.69) is 51.2 Å². The van der Waals surface area contributed by atoms with Crippen LogP contribution in [0.5, 0.6) is 0 Å². The lowest BCUT2D eigenvalue weighted by Gasteiger charge is -2.12. The van der Waals surface area contributed by atoms with Crippen LogP contribution < -0.4 is 10.6 Å². The summed E-state index contributed by atoms with van der Waals surface area (Å²) in [5.74, 6) is 3.70. The summed E-state index contributed by atoms with van der Waals surface area (Å²) in [6.45, 7) is 11.5. The monoisotopic (exact) mass is 364 g/mol. The third kappa shape index (κ3) is 7.32. The molecule has 148 valence electrons. The van der Waals surface area contributed by atoms with Crippen LogP contribution >= 0.6 is 0 Å². The minimum absolute atomic E-state index is 0.588. The molecule has 0 saturated carbocycles. The zero-order chi connectivity index (χ0) is 18.6. The van der Waals surface area contributed by atoms with Gasteiger partial charge < -0.3 is 19.9 Å². The Morgan fingerprint density at radius 2 is 2.12 bits per heavy atom. The van der Waals surface area contributed by atoms with Gasteiger partial charge in [-0.3, -0.25) is 4.99 Å². The van der Waals surface area contributed by atoms with Crippen molar-refractivity contribution in [2.24, 2.45) is 10.9 Å². The van der Waals surface area contributed by atoms with E-state index in [1.807, 2.05) is 0 Å². The number of hydrogen-bond acceptors (Lipinski definition) is 4. The average Bonchev–Trinajstić information content (AvgIpc) is 2.84. The van der Waals surface area contributed by atoms with E-state index in [4.69, 9.17) is 4.74 Å². The number of fused-ring (bicyclic) bond motifs is 1. The second-order valence-corrected chi connectivity index (χ2v) is 7.25. The van der Waals surface area contributed by atoms with E-state index in [0.29, 0.717) is 5.92 Å². The molecule has 0 radical (unpaired) electrons. The molecule has 7 heteroatoms. The number of aryl methyl sites for hydroxylation is 1. The van der Waals surface area contributed by atoms with E-state index < -0.39 is 0 Å². The van der Waals surface area contributed by atoms with Gasteiger partial charge in [-0.25, -0.2) is 0 Å². The van der Waals surface area contributed by atoms with Gasteiger partial charge in [0.25, 0.3) is 0 Å². The fourth-order valence-electron chi connectivity index (χ4n) is 3.04. The smallest absolute Gasteiger partial charge is 0.191 e. The molecule has 1 aromatic rings. The second kappa shape index (κ2) is 11.9. The summed E-state index contributed by atoms with van der Waals surface area (Å²) in [6, 6.07) is 0. The molecule has 2 N–H and O–H groups in total. The van der Waals surface area contributed by atoms with E-state index in [9.17, 15) is 0 Å². The fraction of sp³-hybridized carbons (Fsp3) is 0.842. The number of aliphatic imine (C=N–C) groups is 1. The van der Waals surface area contributed by atoms with Crippen molar-refractivity contribution in [1.82, 2.24) is 25.4 Å². The first-order valence-corrected chi connectivity index (χ1v) is 10.2. The quantitative estimate of drug-likeness (QED) is 0.378. The van der Waals surface area contributed by atoms with E-state index in [1.165, 1.54) is 19.3 Å². The molecule has 0 amide bonds. The molecule has 0 saturated heterocycles. The van der Waals surface area contributed by atoms with E-state index >= 15 is 0 Å². The Morgan fingerprint density at radius 3 is 2.92 bits per heavy atom. The van der Waals surface area contributed by atoms with Gasteiger partial charge in [-0.15, -0.1) is 10.2 Å². The minimum Gasteiger partial charge on any atom is -0.381 e. The number of nitrogens with one attached hydrogen (secondary N) is 2. The molecule has 1 aliphatic heterocycles. The normalized spacial score (nSPS) is 15.0. The highest BCUT2D eigenvalue weighted by atomic mass is 16.5. The van der Waals surface area contributed by atoms with Gasteiger partial charge in [0, 0.05) is 52.2 Å². The van der Waals surface area contributed by atoms with Crippen molar-refractivity contribution in [2.75, 3.05) is 32.8 Å². The van der Waals surface area contributed by atoms with Crippen molar-refractivity contribution in [3.8, 4) is 0 Å². The molecule has 2 heterocycles. The maximum Gasteiger partial charge on any atom is 0.191 e. The number of guanidine groups is 1. The van der Waals surface area contributed by atoms with Crippen molar-refractivity contribution >= 4 is 5.96 Å². The van der Waals surface area contributed by atoms with E-state index in [1.54, 1.807) is 0 Å². The van der Waals surface area contributed by atoms with Gasteiger partial charge in [0.2, 0.25) is 0 Å². The Balaban J connectivity index is 1.72. The summed E-state index contributed by atoms with van der Waals surface area (Å²) in [5.41, 5.74) is 0. The van der Waals surface area contributed by atoms with Gasteiger partial charge in [-0.05, 0) is 32.1 Å². The van der Waals surface area contributed by atoms with Gasteiger partial charge in [-0.2, -0.15) is 0 Å². The summed E-state index contributed by atoms with van der Waals surface area (Å²) in [7, 11) is 0. The molecule has 0 unspecified atom stereocenters. The van der Waals surface area contributed by atoms with Crippen LogP contribution in [0.2, 0.25) is 0 Å². The van der Waals surface area contributed by atoms with Crippen molar-refractivity contribution in [3.05, 3.63) is 11.6 Å². The standard InChI is InChI=1S/C19H36N6O/c1-4-20-19(21-11-8-14-26-15-16(2)3)22-12-10-18-24-23-17-9-6-5-7-13-25(17)18/h16H,4-15H2,1-3H3,(H2,20,21,22). The highest BCUT2D eigenvalue weighted by molar-refractivity contribution is 5.79. The molecule has 0 spiro atoms. The van der Waals surface area contributed by atoms with Gasteiger partial charge in [0.1, 0.15) is 11.6 Å². The fourth-order valence-corrected chi connectivity index (χ4v) is 3.04. The van der Waals surface area contributed by atoms with Crippen LogP contribution in [0.15, 0.2) is 4.99 Å². The predicted molar refractivity (Wildman–Crippen MR) is 106 cm³/mol. The Hall–Kier alpha value is -1.63. The van der Waals surface area contributed by atoms with E-state index in [0.717, 1.165) is 76.3 Å². The zero-order valence-corrected chi connectivity index (χ0v) is 16.8. The first-order chi connectivity index (χ1) is 12.7. The molecule has 0 fully saturated rings. The Kier molecular flexibility index (Phi) is 9.45. The van der Waals surface area contributed by atoms with Crippen LogP contribution in [0, 0.1) is 5.92 Å². The Bertz CT molecular complexity index is 540. The highest BCUT2D eigenvalue weighted by Gasteiger charge is 2.14. The average molecular weight is 365 g/mol. The van der Waals surface area contributed by atoms with Crippen molar-refractivity contribution < 1.29 is 4.74 Å². The van der Waals surface area contributed by atoms with E-state index in [-0.39, 0.29) is 0 Å².